The van der Waals surface area contributed by atoms with Crippen LogP contribution in [0.2, 0.25) is 0 Å². The maximum atomic E-state index is 13.1. The van der Waals surface area contributed by atoms with Crippen molar-refractivity contribution in [1.29, 1.82) is 0 Å². The molecule has 0 unspecified atom stereocenters. The fourth-order valence-corrected chi connectivity index (χ4v) is 4.54. The van der Waals surface area contributed by atoms with Gasteiger partial charge in [0.25, 0.3) is 7.37 Å². The molecule has 0 bridgehead atoms. The molecule has 5 heteroatoms. The van der Waals surface area contributed by atoms with E-state index in [0.29, 0.717) is 17.9 Å². The van der Waals surface area contributed by atoms with Crippen molar-refractivity contribution in [3.8, 4) is 0 Å². The van der Waals surface area contributed by atoms with Crippen LogP contribution >= 0.6 is 7.37 Å². The molecule has 0 saturated heterocycles. The average Bonchev–Trinajstić information content (AvgIpc) is 2.87. The predicted molar refractivity (Wildman–Crippen MR) is 83.9 cm³/mol. The Hall–Kier alpha value is -1.90. The highest BCUT2D eigenvalue weighted by Gasteiger charge is 2.42. The topological polar surface area (TPSA) is 35.5 Å². The van der Waals surface area contributed by atoms with E-state index in [2.05, 4.69) is 0 Å². The summed E-state index contributed by atoms with van der Waals surface area (Å²) in [5.74, 6) is 1.03. The number of benzene rings is 2. The summed E-state index contributed by atoms with van der Waals surface area (Å²) in [4.78, 5) is 0. The predicted octanol–water partition coefficient (Wildman–Crippen LogP) is 5.17. The fraction of sp³-hybridized carbons (Fsp3) is 0.176. The van der Waals surface area contributed by atoms with E-state index >= 15 is 0 Å². The third kappa shape index (κ3) is 2.85. The molecule has 0 radical (unpaired) electrons. The molecule has 2 atom stereocenters. The summed E-state index contributed by atoms with van der Waals surface area (Å²) in [5.41, 5.74) is 1.48. The van der Waals surface area contributed by atoms with Crippen LogP contribution < -0.4 is 0 Å². The van der Waals surface area contributed by atoms with E-state index in [0.717, 1.165) is 5.56 Å². The molecule has 0 N–H and O–H groups in total. The molecule has 22 heavy (non-hydrogen) atoms. The summed E-state index contributed by atoms with van der Waals surface area (Å²) >= 11 is 0. The first kappa shape index (κ1) is 15.0. The van der Waals surface area contributed by atoms with Crippen molar-refractivity contribution in [1.82, 2.24) is 0 Å². The highest BCUT2D eigenvalue weighted by atomic mass is 31.2. The number of rotatable bonds is 4. The first-order valence-electron chi connectivity index (χ1n) is 7.07. The second-order valence-corrected chi connectivity index (χ2v) is 7.22. The molecule has 2 aromatic carbocycles. The molecule has 3 rings (SSSR count). The van der Waals surface area contributed by atoms with Gasteiger partial charge in [-0.2, -0.15) is 0 Å². The summed E-state index contributed by atoms with van der Waals surface area (Å²) in [5, 5.41) is 0. The van der Waals surface area contributed by atoms with E-state index in [1.165, 1.54) is 12.1 Å². The zero-order valence-electron chi connectivity index (χ0n) is 12.1. The van der Waals surface area contributed by atoms with Crippen LogP contribution in [0.25, 0.3) is 5.76 Å². The lowest BCUT2D eigenvalue weighted by Crippen LogP contribution is -2.01. The Kier molecular flexibility index (Phi) is 4.14. The summed E-state index contributed by atoms with van der Waals surface area (Å²) in [7, 11) is -3.15. The van der Waals surface area contributed by atoms with Gasteiger partial charge in [-0.25, -0.2) is 4.39 Å². The average molecular weight is 318 g/mol. The minimum absolute atomic E-state index is 0.316. The highest BCUT2D eigenvalue weighted by molar-refractivity contribution is 7.63. The van der Waals surface area contributed by atoms with Crippen molar-refractivity contribution in [3.63, 3.8) is 0 Å². The zero-order chi connectivity index (χ0) is 15.6. The monoisotopic (exact) mass is 318 g/mol. The lowest BCUT2D eigenvalue weighted by Gasteiger charge is -2.19. The van der Waals surface area contributed by atoms with Crippen molar-refractivity contribution in [2.75, 3.05) is 6.61 Å². The van der Waals surface area contributed by atoms with Crippen LogP contribution in [0.3, 0.4) is 0 Å². The standard InChI is InChI=1S/C17H16FO3P/c1-2-20-22(19)12-16(13-6-4-3-5-7-13)21-17(22)14-8-10-15(18)11-9-14/h3-12,17H,2H2,1H3/t17-,22-/m0/s1. The fourth-order valence-electron chi connectivity index (χ4n) is 2.41. The molecule has 1 aliphatic heterocycles. The van der Waals surface area contributed by atoms with Crippen molar-refractivity contribution in [3.05, 3.63) is 77.4 Å². The van der Waals surface area contributed by atoms with Gasteiger partial charge in [0.15, 0.2) is 0 Å². The van der Waals surface area contributed by atoms with E-state index in [1.807, 2.05) is 30.3 Å². The second kappa shape index (κ2) is 6.07. The molecule has 1 heterocycles. The van der Waals surface area contributed by atoms with Crippen LogP contribution in [0.5, 0.6) is 0 Å². The van der Waals surface area contributed by atoms with Gasteiger partial charge >= 0.3 is 0 Å². The zero-order valence-corrected chi connectivity index (χ0v) is 13.0. The largest absolute Gasteiger partial charge is 0.474 e. The molecule has 0 spiro atoms. The van der Waals surface area contributed by atoms with Gasteiger partial charge in [0, 0.05) is 16.9 Å². The van der Waals surface area contributed by atoms with Gasteiger partial charge < -0.3 is 9.26 Å². The van der Waals surface area contributed by atoms with Crippen LogP contribution in [0.1, 0.15) is 23.9 Å². The van der Waals surface area contributed by atoms with Crippen LogP contribution in [0, 0.1) is 5.82 Å². The molecule has 2 aromatic rings. The molecule has 0 fully saturated rings. The normalized spacial score (nSPS) is 23.9. The van der Waals surface area contributed by atoms with E-state index in [9.17, 15) is 8.96 Å². The molecule has 1 aliphatic rings. The van der Waals surface area contributed by atoms with E-state index in [1.54, 1.807) is 24.9 Å². The molecule has 114 valence electrons. The second-order valence-electron chi connectivity index (χ2n) is 4.94. The Morgan fingerprint density at radius 2 is 1.82 bits per heavy atom. The molecule has 0 saturated carbocycles. The van der Waals surface area contributed by atoms with Crippen molar-refractivity contribution >= 4 is 13.1 Å². The molecule has 0 amide bonds. The number of hydrogen-bond donors (Lipinski definition) is 0. The quantitative estimate of drug-likeness (QED) is 0.730. The Morgan fingerprint density at radius 3 is 2.45 bits per heavy atom. The van der Waals surface area contributed by atoms with E-state index in [-0.39, 0.29) is 5.82 Å². The highest BCUT2D eigenvalue weighted by Crippen LogP contribution is 2.68. The summed E-state index contributed by atoms with van der Waals surface area (Å²) < 4.78 is 37.6. The van der Waals surface area contributed by atoms with Crippen LogP contribution in [0.15, 0.2) is 60.4 Å². The van der Waals surface area contributed by atoms with Crippen molar-refractivity contribution < 1.29 is 18.2 Å². The summed E-state index contributed by atoms with van der Waals surface area (Å²) in [6.07, 6.45) is 0. The minimum atomic E-state index is -3.15. The van der Waals surface area contributed by atoms with Gasteiger partial charge in [-0.1, -0.05) is 42.5 Å². The Labute approximate surface area is 128 Å². The van der Waals surface area contributed by atoms with Gasteiger partial charge in [-0.05, 0) is 19.1 Å². The lowest BCUT2D eigenvalue weighted by molar-refractivity contribution is 0.221. The van der Waals surface area contributed by atoms with Crippen molar-refractivity contribution in [2.45, 2.75) is 12.8 Å². The van der Waals surface area contributed by atoms with Gasteiger partial charge in [0.1, 0.15) is 11.6 Å². The maximum Gasteiger partial charge on any atom is 0.272 e. The van der Waals surface area contributed by atoms with E-state index in [4.69, 9.17) is 9.26 Å². The Morgan fingerprint density at radius 1 is 1.14 bits per heavy atom. The van der Waals surface area contributed by atoms with Gasteiger partial charge in [0.2, 0.25) is 5.85 Å². The molecular formula is C17H16FO3P. The summed E-state index contributed by atoms with van der Waals surface area (Å²) in [6, 6.07) is 15.3. The number of ether oxygens (including phenoxy) is 1. The van der Waals surface area contributed by atoms with Crippen LogP contribution in [-0.2, 0) is 13.8 Å². The van der Waals surface area contributed by atoms with E-state index < -0.39 is 13.2 Å². The molecule has 0 aromatic heterocycles. The lowest BCUT2D eigenvalue weighted by atomic mass is 10.2. The first-order chi connectivity index (χ1) is 10.6. The number of hydrogen-bond acceptors (Lipinski definition) is 3. The molecule has 3 nitrogen and oxygen atoms in total. The maximum absolute atomic E-state index is 13.1. The Balaban J connectivity index is 1.98. The summed E-state index contributed by atoms with van der Waals surface area (Å²) in [6.45, 7) is 2.10. The van der Waals surface area contributed by atoms with Gasteiger partial charge in [0.05, 0.1) is 6.61 Å². The third-order valence-electron chi connectivity index (χ3n) is 3.41. The van der Waals surface area contributed by atoms with Crippen LogP contribution in [-0.4, -0.2) is 6.61 Å². The third-order valence-corrected chi connectivity index (χ3v) is 5.72. The van der Waals surface area contributed by atoms with Gasteiger partial charge in [-0.15, -0.1) is 0 Å². The SMILES string of the molecule is CCO[P@@]1(=O)C=C(c2ccccc2)O[C@@H]1c1ccc(F)cc1. The van der Waals surface area contributed by atoms with Crippen LogP contribution in [0.4, 0.5) is 4.39 Å². The first-order valence-corrected chi connectivity index (χ1v) is 8.83. The number of halogens is 1. The smallest absolute Gasteiger partial charge is 0.272 e. The van der Waals surface area contributed by atoms with Crippen molar-refractivity contribution in [2.24, 2.45) is 0 Å². The minimum Gasteiger partial charge on any atom is -0.474 e. The Bertz CT molecular complexity index is 725. The molecule has 0 aliphatic carbocycles. The molecular weight excluding hydrogens is 302 g/mol. The van der Waals surface area contributed by atoms with Gasteiger partial charge in [-0.3, -0.25) is 4.57 Å².